The highest BCUT2D eigenvalue weighted by atomic mass is 32.1. The lowest BCUT2D eigenvalue weighted by atomic mass is 10.0. The Bertz CT molecular complexity index is 3000. The second kappa shape index (κ2) is 10.8. The number of benzene rings is 8. The van der Waals surface area contributed by atoms with Gasteiger partial charge in [-0.25, -0.2) is 0 Å². The fourth-order valence-electron chi connectivity index (χ4n) is 7.93. The summed E-state index contributed by atoms with van der Waals surface area (Å²) < 4.78 is 7.64. The maximum atomic E-state index is 2.45. The smallest absolute Gasteiger partial charge is 0.0547 e. The molecule has 0 aliphatic carbocycles. The molecule has 50 heavy (non-hydrogen) atoms. The quantitative estimate of drug-likeness (QED) is 0.181. The van der Waals surface area contributed by atoms with E-state index in [1.165, 1.54) is 72.9 Å². The minimum atomic E-state index is 1.14. The molecule has 234 valence electrons. The summed E-state index contributed by atoms with van der Waals surface area (Å²) >= 11 is 3.74. The molecule has 3 heterocycles. The number of hydrogen-bond donors (Lipinski definition) is 0. The van der Waals surface area contributed by atoms with Gasteiger partial charge in [0.25, 0.3) is 0 Å². The summed E-state index contributed by atoms with van der Waals surface area (Å²) in [4.78, 5) is 2.45. The normalized spacial score (nSPS) is 12.0. The zero-order valence-electron chi connectivity index (χ0n) is 26.9. The molecule has 0 amide bonds. The van der Waals surface area contributed by atoms with E-state index >= 15 is 0 Å². The Morgan fingerprint density at radius 2 is 0.880 bits per heavy atom. The zero-order chi connectivity index (χ0) is 32.8. The van der Waals surface area contributed by atoms with E-state index in [-0.39, 0.29) is 0 Å². The summed E-state index contributed by atoms with van der Waals surface area (Å²) in [7, 11) is 0. The first kappa shape index (κ1) is 28.0. The van der Waals surface area contributed by atoms with Crippen LogP contribution in [0.3, 0.4) is 0 Å². The minimum absolute atomic E-state index is 1.14. The molecule has 0 aliphatic rings. The third kappa shape index (κ3) is 4.13. The lowest BCUT2D eigenvalue weighted by Crippen LogP contribution is -2.09. The van der Waals surface area contributed by atoms with Crippen LogP contribution in [-0.2, 0) is 0 Å². The van der Waals surface area contributed by atoms with Crippen molar-refractivity contribution < 1.29 is 0 Å². The van der Waals surface area contributed by atoms with Gasteiger partial charge < -0.3 is 9.47 Å². The van der Waals surface area contributed by atoms with E-state index in [9.17, 15) is 0 Å². The number of thiophene rings is 2. The van der Waals surface area contributed by atoms with Gasteiger partial charge in [-0.2, -0.15) is 0 Å². The van der Waals surface area contributed by atoms with Gasteiger partial charge in [-0.3, -0.25) is 0 Å². The van der Waals surface area contributed by atoms with Gasteiger partial charge in [-0.15, -0.1) is 22.7 Å². The molecule has 11 rings (SSSR count). The number of anilines is 3. The van der Waals surface area contributed by atoms with E-state index in [1.807, 2.05) is 22.7 Å². The van der Waals surface area contributed by atoms with Gasteiger partial charge in [0.1, 0.15) is 0 Å². The second-order valence-electron chi connectivity index (χ2n) is 12.9. The number of rotatable bonds is 4. The Hall–Kier alpha value is -5.94. The molecule has 0 saturated heterocycles. The molecule has 0 atom stereocenters. The van der Waals surface area contributed by atoms with Gasteiger partial charge in [-0.05, 0) is 83.6 Å². The Kier molecular flexibility index (Phi) is 6.03. The molecule has 0 N–H and O–H groups in total. The number of aromatic nitrogens is 1. The summed E-state index contributed by atoms with van der Waals surface area (Å²) in [5.41, 5.74) is 7.02. The van der Waals surface area contributed by atoms with Crippen molar-refractivity contribution in [3.63, 3.8) is 0 Å². The first-order valence-corrected chi connectivity index (χ1v) is 18.6. The van der Waals surface area contributed by atoms with Gasteiger partial charge >= 0.3 is 0 Å². The summed E-state index contributed by atoms with van der Waals surface area (Å²) in [6, 6.07) is 62.5. The van der Waals surface area contributed by atoms with Crippen molar-refractivity contribution >= 4 is 113 Å². The standard InChI is InChI=1S/C46H28N2S2/c1-2-11-30(12-3-1)48-40-25-21-31(26-39(40)46-34-13-5-4-10-29(34)18-24-41(46)48)47(32-19-22-37-35-14-6-8-16-42(35)49-44(37)27-32)33-20-23-38-36-15-7-9-17-43(36)50-45(38)28-33/h1-28H. The van der Waals surface area contributed by atoms with Crippen LogP contribution >= 0.6 is 22.7 Å². The van der Waals surface area contributed by atoms with Crippen LogP contribution < -0.4 is 4.90 Å². The highest BCUT2D eigenvalue weighted by molar-refractivity contribution is 7.26. The maximum Gasteiger partial charge on any atom is 0.0547 e. The van der Waals surface area contributed by atoms with Gasteiger partial charge in [0.2, 0.25) is 0 Å². The predicted molar refractivity (Wildman–Crippen MR) is 219 cm³/mol. The van der Waals surface area contributed by atoms with Gasteiger partial charge in [0.05, 0.1) is 11.0 Å². The van der Waals surface area contributed by atoms with E-state index in [0.29, 0.717) is 0 Å². The largest absolute Gasteiger partial charge is 0.310 e. The van der Waals surface area contributed by atoms with E-state index in [2.05, 4.69) is 179 Å². The summed E-state index contributed by atoms with van der Waals surface area (Å²) in [6.45, 7) is 0. The fraction of sp³-hybridized carbons (Fsp3) is 0. The zero-order valence-corrected chi connectivity index (χ0v) is 28.5. The van der Waals surface area contributed by atoms with E-state index in [4.69, 9.17) is 0 Å². The molecule has 0 fully saturated rings. The highest BCUT2D eigenvalue weighted by Crippen LogP contribution is 2.45. The summed E-state index contributed by atoms with van der Waals surface area (Å²) in [6.07, 6.45) is 0. The van der Waals surface area contributed by atoms with Crippen LogP contribution in [0.25, 0.3) is 78.6 Å². The molecule has 0 bridgehead atoms. The SMILES string of the molecule is c1ccc(-n2c3ccc(N(c4ccc5c(c4)sc4ccccc45)c4ccc5c(c4)sc4ccccc45)cc3c3c4ccccc4ccc32)cc1. The van der Waals surface area contributed by atoms with Crippen molar-refractivity contribution in [2.45, 2.75) is 0 Å². The Morgan fingerprint density at radius 3 is 1.56 bits per heavy atom. The Morgan fingerprint density at radius 1 is 0.360 bits per heavy atom. The van der Waals surface area contributed by atoms with Crippen molar-refractivity contribution in [2.75, 3.05) is 4.90 Å². The fourth-order valence-corrected chi connectivity index (χ4v) is 10.2. The molecule has 8 aromatic carbocycles. The molecule has 2 nitrogen and oxygen atoms in total. The van der Waals surface area contributed by atoms with Crippen molar-refractivity contribution in [3.8, 4) is 5.69 Å². The van der Waals surface area contributed by atoms with E-state index in [1.54, 1.807) is 0 Å². The average Bonchev–Trinajstić information content (AvgIpc) is 3.84. The van der Waals surface area contributed by atoms with Crippen LogP contribution in [0.4, 0.5) is 17.1 Å². The van der Waals surface area contributed by atoms with E-state index in [0.717, 1.165) is 22.7 Å². The summed E-state index contributed by atoms with van der Waals surface area (Å²) in [5, 5.41) is 10.3. The molecule has 0 spiro atoms. The van der Waals surface area contributed by atoms with Crippen molar-refractivity contribution in [1.82, 2.24) is 4.57 Å². The Balaban J connectivity index is 1.20. The number of para-hydroxylation sites is 1. The lowest BCUT2D eigenvalue weighted by molar-refractivity contribution is 1.18. The maximum absolute atomic E-state index is 2.45. The van der Waals surface area contributed by atoms with Crippen LogP contribution in [0.1, 0.15) is 0 Å². The van der Waals surface area contributed by atoms with Crippen LogP contribution in [0.2, 0.25) is 0 Å². The summed E-state index contributed by atoms with van der Waals surface area (Å²) in [5.74, 6) is 0. The third-order valence-corrected chi connectivity index (χ3v) is 12.4. The van der Waals surface area contributed by atoms with Crippen LogP contribution in [-0.4, -0.2) is 4.57 Å². The third-order valence-electron chi connectivity index (χ3n) is 10.2. The molecule has 4 heteroatoms. The molecule has 3 aromatic heterocycles. The first-order valence-electron chi connectivity index (χ1n) is 16.9. The van der Waals surface area contributed by atoms with Crippen LogP contribution in [0, 0.1) is 0 Å². The second-order valence-corrected chi connectivity index (χ2v) is 15.1. The minimum Gasteiger partial charge on any atom is -0.310 e. The molecule has 0 saturated carbocycles. The highest BCUT2D eigenvalue weighted by Gasteiger charge is 2.20. The van der Waals surface area contributed by atoms with Crippen molar-refractivity contribution in [2.24, 2.45) is 0 Å². The molecule has 0 aliphatic heterocycles. The Labute approximate surface area is 296 Å². The molecular weight excluding hydrogens is 645 g/mol. The van der Waals surface area contributed by atoms with Gasteiger partial charge in [0.15, 0.2) is 0 Å². The average molecular weight is 673 g/mol. The number of hydrogen-bond acceptors (Lipinski definition) is 3. The molecule has 0 unspecified atom stereocenters. The molecular formula is C46H28N2S2. The van der Waals surface area contributed by atoms with E-state index < -0.39 is 0 Å². The topological polar surface area (TPSA) is 8.17 Å². The monoisotopic (exact) mass is 672 g/mol. The van der Waals surface area contributed by atoms with Crippen molar-refractivity contribution in [1.29, 1.82) is 0 Å². The first-order chi connectivity index (χ1) is 24.8. The van der Waals surface area contributed by atoms with Gasteiger partial charge in [0, 0.05) is 73.9 Å². The van der Waals surface area contributed by atoms with Crippen molar-refractivity contribution in [3.05, 3.63) is 170 Å². The van der Waals surface area contributed by atoms with Crippen LogP contribution in [0.15, 0.2) is 170 Å². The molecule has 0 radical (unpaired) electrons. The number of fused-ring (bicyclic) bond motifs is 11. The predicted octanol–water partition coefficient (Wildman–Crippen LogP) is 14.1. The van der Waals surface area contributed by atoms with Gasteiger partial charge in [-0.1, -0.05) is 97.1 Å². The molecule has 11 aromatic rings. The number of nitrogens with zero attached hydrogens (tertiary/aromatic N) is 2. The van der Waals surface area contributed by atoms with Crippen LogP contribution in [0.5, 0.6) is 0 Å². The lowest BCUT2D eigenvalue weighted by Gasteiger charge is -2.26.